The van der Waals surface area contributed by atoms with Crippen molar-refractivity contribution in [1.29, 1.82) is 0 Å². The molecule has 1 saturated heterocycles. The fourth-order valence-electron chi connectivity index (χ4n) is 2.49. The predicted octanol–water partition coefficient (Wildman–Crippen LogP) is 3.67. The molecule has 0 bridgehead atoms. The highest BCUT2D eigenvalue weighted by Gasteiger charge is 2.12. The number of anilines is 1. The normalized spacial score (nSPS) is 19.0. The van der Waals surface area contributed by atoms with E-state index in [2.05, 4.69) is 60.8 Å². The molecule has 2 heterocycles. The first-order valence-electron chi connectivity index (χ1n) is 7.43. The number of hydrogen-bond donors (Lipinski definition) is 3. The minimum atomic E-state index is 0.692. The molecule has 3 nitrogen and oxygen atoms in total. The number of fused-ring (bicyclic) bond motifs is 1. The van der Waals surface area contributed by atoms with Crippen molar-refractivity contribution < 1.29 is 0 Å². The van der Waals surface area contributed by atoms with E-state index in [-0.39, 0.29) is 0 Å². The predicted molar refractivity (Wildman–Crippen MR) is 90.9 cm³/mol. The largest absolute Gasteiger partial charge is 0.387 e. The molecule has 1 aromatic carbocycles. The quantitative estimate of drug-likeness (QED) is 0.792. The van der Waals surface area contributed by atoms with Crippen molar-refractivity contribution in [2.24, 2.45) is 0 Å². The SMILES string of the molecule is C=C1CC(C)N1.C=CNCc1ccc2c(c1)NC(=C)CC2. The highest BCUT2D eigenvalue weighted by atomic mass is 15.0. The lowest BCUT2D eigenvalue weighted by molar-refractivity contribution is 0.485. The van der Waals surface area contributed by atoms with Crippen molar-refractivity contribution in [1.82, 2.24) is 10.6 Å². The summed E-state index contributed by atoms with van der Waals surface area (Å²) < 4.78 is 0. The van der Waals surface area contributed by atoms with Crippen LogP contribution in [-0.4, -0.2) is 6.04 Å². The van der Waals surface area contributed by atoms with E-state index < -0.39 is 0 Å². The van der Waals surface area contributed by atoms with E-state index in [9.17, 15) is 0 Å². The molecule has 0 radical (unpaired) electrons. The van der Waals surface area contributed by atoms with E-state index in [4.69, 9.17) is 0 Å². The van der Waals surface area contributed by atoms with Crippen LogP contribution >= 0.6 is 0 Å². The fourth-order valence-corrected chi connectivity index (χ4v) is 2.49. The van der Waals surface area contributed by atoms with Gasteiger partial charge < -0.3 is 16.0 Å². The Labute approximate surface area is 127 Å². The maximum absolute atomic E-state index is 3.96. The van der Waals surface area contributed by atoms with E-state index >= 15 is 0 Å². The van der Waals surface area contributed by atoms with Crippen LogP contribution in [0.5, 0.6) is 0 Å². The van der Waals surface area contributed by atoms with Crippen LogP contribution in [0.4, 0.5) is 5.69 Å². The third-order valence-electron chi connectivity index (χ3n) is 3.64. The van der Waals surface area contributed by atoms with Crippen molar-refractivity contribution in [3.63, 3.8) is 0 Å². The Morgan fingerprint density at radius 3 is 2.62 bits per heavy atom. The smallest absolute Gasteiger partial charge is 0.0417 e. The molecule has 0 amide bonds. The van der Waals surface area contributed by atoms with Gasteiger partial charge in [-0.2, -0.15) is 0 Å². The highest BCUT2D eigenvalue weighted by molar-refractivity contribution is 5.58. The number of allylic oxidation sites excluding steroid dienone is 1. The average molecular weight is 283 g/mol. The number of aryl methyl sites for hydroxylation is 1. The zero-order chi connectivity index (χ0) is 15.2. The molecule has 3 N–H and O–H groups in total. The molecular weight excluding hydrogens is 258 g/mol. The lowest BCUT2D eigenvalue weighted by Gasteiger charge is -2.27. The Morgan fingerprint density at radius 2 is 2.05 bits per heavy atom. The number of benzene rings is 1. The summed E-state index contributed by atoms with van der Waals surface area (Å²) in [6.45, 7) is 14.3. The molecule has 1 atom stereocenters. The summed E-state index contributed by atoms with van der Waals surface area (Å²) in [5, 5.41) is 9.54. The van der Waals surface area contributed by atoms with Gasteiger partial charge in [0.15, 0.2) is 0 Å². The third-order valence-corrected chi connectivity index (χ3v) is 3.64. The average Bonchev–Trinajstić information content (AvgIpc) is 2.44. The maximum atomic E-state index is 3.96. The second-order valence-corrected chi connectivity index (χ2v) is 5.66. The summed E-state index contributed by atoms with van der Waals surface area (Å²) >= 11 is 0. The van der Waals surface area contributed by atoms with Crippen LogP contribution < -0.4 is 16.0 Å². The van der Waals surface area contributed by atoms with E-state index in [1.54, 1.807) is 6.20 Å². The van der Waals surface area contributed by atoms with E-state index in [1.807, 2.05) is 0 Å². The molecule has 0 aromatic heterocycles. The first kappa shape index (κ1) is 15.2. The van der Waals surface area contributed by atoms with Gasteiger partial charge >= 0.3 is 0 Å². The molecule has 2 aliphatic heterocycles. The summed E-state index contributed by atoms with van der Waals surface area (Å²) in [6, 6.07) is 7.22. The Bertz CT molecular complexity index is 537. The summed E-state index contributed by atoms with van der Waals surface area (Å²) in [4.78, 5) is 0. The van der Waals surface area contributed by atoms with Gasteiger partial charge in [-0.25, -0.2) is 0 Å². The first-order chi connectivity index (χ1) is 10.1. The van der Waals surface area contributed by atoms with Crippen LogP contribution in [0.1, 0.15) is 30.9 Å². The van der Waals surface area contributed by atoms with Gasteiger partial charge in [-0.1, -0.05) is 31.9 Å². The van der Waals surface area contributed by atoms with Crippen molar-refractivity contribution in [3.05, 3.63) is 66.7 Å². The van der Waals surface area contributed by atoms with Crippen molar-refractivity contribution in [2.75, 3.05) is 5.32 Å². The van der Waals surface area contributed by atoms with Gasteiger partial charge in [-0.3, -0.25) is 0 Å². The molecule has 3 rings (SSSR count). The topological polar surface area (TPSA) is 36.1 Å². The Hall–Kier alpha value is -2.16. The summed E-state index contributed by atoms with van der Waals surface area (Å²) in [6.07, 6.45) is 5.01. The molecule has 1 unspecified atom stereocenters. The second kappa shape index (κ2) is 7.02. The first-order valence-corrected chi connectivity index (χ1v) is 7.43. The molecule has 3 heteroatoms. The number of nitrogens with one attached hydrogen (secondary N) is 3. The van der Waals surface area contributed by atoms with Gasteiger partial charge in [0, 0.05) is 36.1 Å². The van der Waals surface area contributed by atoms with Crippen LogP contribution in [0.2, 0.25) is 0 Å². The number of hydrogen-bond acceptors (Lipinski definition) is 3. The molecule has 1 aromatic rings. The van der Waals surface area contributed by atoms with Crippen LogP contribution in [0, 0.1) is 0 Å². The lowest BCUT2D eigenvalue weighted by atomic mass is 10.00. The molecule has 112 valence electrons. The molecule has 2 aliphatic rings. The van der Waals surface area contributed by atoms with Gasteiger partial charge in [0.1, 0.15) is 0 Å². The standard InChI is InChI=1S/C13H16N2.C5H9N/c1-3-14-9-11-5-7-12-6-4-10(2)15-13(12)8-11;1-4-3-5(2)6-4/h3,5,7-8,14-15H,1-2,4,6,9H2;5-6H,1,3H2,2H3. The van der Waals surface area contributed by atoms with Gasteiger partial charge in [-0.15, -0.1) is 0 Å². The monoisotopic (exact) mass is 283 g/mol. The molecule has 1 fully saturated rings. The Morgan fingerprint density at radius 1 is 1.29 bits per heavy atom. The van der Waals surface area contributed by atoms with E-state index in [0.717, 1.165) is 25.1 Å². The minimum Gasteiger partial charge on any atom is -0.387 e. The van der Waals surface area contributed by atoms with Gasteiger partial charge in [0.05, 0.1) is 0 Å². The summed E-state index contributed by atoms with van der Waals surface area (Å²) in [5.74, 6) is 0. The van der Waals surface area contributed by atoms with Crippen LogP contribution in [0.25, 0.3) is 0 Å². The highest BCUT2D eigenvalue weighted by Crippen LogP contribution is 2.26. The Balaban J connectivity index is 0.000000225. The van der Waals surface area contributed by atoms with Crippen LogP contribution in [0.3, 0.4) is 0 Å². The minimum absolute atomic E-state index is 0.692. The Kier molecular flexibility index (Phi) is 5.09. The van der Waals surface area contributed by atoms with Gasteiger partial charge in [0.2, 0.25) is 0 Å². The summed E-state index contributed by atoms with van der Waals surface area (Å²) in [5.41, 5.74) is 6.13. The van der Waals surface area contributed by atoms with Gasteiger partial charge in [0.25, 0.3) is 0 Å². The third kappa shape index (κ3) is 4.42. The molecular formula is C18H25N3. The molecule has 0 saturated carbocycles. The molecule has 0 spiro atoms. The van der Waals surface area contributed by atoms with E-state index in [1.165, 1.54) is 28.9 Å². The van der Waals surface area contributed by atoms with Crippen LogP contribution in [-0.2, 0) is 13.0 Å². The van der Waals surface area contributed by atoms with Crippen molar-refractivity contribution in [3.8, 4) is 0 Å². The van der Waals surface area contributed by atoms with Crippen molar-refractivity contribution in [2.45, 2.75) is 38.8 Å². The van der Waals surface area contributed by atoms with Gasteiger partial charge in [-0.05, 0) is 43.2 Å². The summed E-state index contributed by atoms with van der Waals surface area (Å²) in [7, 11) is 0. The zero-order valence-electron chi connectivity index (χ0n) is 12.8. The maximum Gasteiger partial charge on any atom is 0.0417 e. The van der Waals surface area contributed by atoms with Crippen molar-refractivity contribution >= 4 is 5.69 Å². The van der Waals surface area contributed by atoms with Crippen LogP contribution in [0.15, 0.2) is 55.5 Å². The second-order valence-electron chi connectivity index (χ2n) is 5.66. The molecule has 21 heavy (non-hydrogen) atoms. The lowest BCUT2D eigenvalue weighted by Crippen LogP contribution is -2.36. The molecule has 0 aliphatic carbocycles. The fraction of sp³-hybridized carbons (Fsp3) is 0.333. The number of rotatable bonds is 3. The zero-order valence-corrected chi connectivity index (χ0v) is 12.8. The van der Waals surface area contributed by atoms with E-state index in [0.29, 0.717) is 6.04 Å².